The summed E-state index contributed by atoms with van der Waals surface area (Å²) in [6.07, 6.45) is 3.97. The fraction of sp³-hybridized carbons (Fsp3) is 0.400. The monoisotopic (exact) mass is 440 g/mol. The SMILES string of the molecule is CCC1CCCCN1C(=O)c1cccc(CS(=O)(=O)c2c(Cl)cccc2Cl)n1. The molecule has 0 bridgehead atoms. The summed E-state index contributed by atoms with van der Waals surface area (Å²) in [5.74, 6) is -0.531. The number of hydrogen-bond acceptors (Lipinski definition) is 4. The lowest BCUT2D eigenvalue weighted by Crippen LogP contribution is -2.43. The summed E-state index contributed by atoms with van der Waals surface area (Å²) < 4.78 is 25.6. The van der Waals surface area contributed by atoms with Crippen LogP contribution < -0.4 is 0 Å². The van der Waals surface area contributed by atoms with Crippen molar-refractivity contribution in [3.63, 3.8) is 0 Å². The van der Waals surface area contributed by atoms with Gasteiger partial charge in [-0.1, -0.05) is 42.3 Å². The lowest BCUT2D eigenvalue weighted by atomic mass is 9.99. The third kappa shape index (κ3) is 4.50. The lowest BCUT2D eigenvalue weighted by molar-refractivity contribution is 0.0601. The standard InChI is InChI=1S/C20H22Cl2N2O3S/c1-2-15-8-3-4-12-24(15)20(25)18-11-5-7-14(23-18)13-28(26,27)19-16(21)9-6-10-17(19)22/h5-7,9-11,15H,2-4,8,12-13H2,1H3. The molecule has 1 aromatic heterocycles. The minimum Gasteiger partial charge on any atom is -0.334 e. The van der Waals surface area contributed by atoms with Gasteiger partial charge in [0.05, 0.1) is 21.5 Å². The minimum absolute atomic E-state index is 0.0684. The van der Waals surface area contributed by atoms with Crippen molar-refractivity contribution in [2.45, 2.75) is 49.3 Å². The van der Waals surface area contributed by atoms with Gasteiger partial charge in [0.2, 0.25) is 0 Å². The van der Waals surface area contributed by atoms with Crippen molar-refractivity contribution in [1.29, 1.82) is 0 Å². The highest BCUT2D eigenvalue weighted by molar-refractivity contribution is 7.90. The van der Waals surface area contributed by atoms with Gasteiger partial charge in [-0.2, -0.15) is 0 Å². The first kappa shape index (κ1) is 21.1. The second-order valence-corrected chi connectivity index (χ2v) is 9.62. The number of carbonyl (C=O) groups is 1. The molecule has 0 radical (unpaired) electrons. The van der Waals surface area contributed by atoms with Crippen molar-refractivity contribution < 1.29 is 13.2 Å². The molecule has 1 aromatic carbocycles. The van der Waals surface area contributed by atoms with Gasteiger partial charge in [-0.25, -0.2) is 13.4 Å². The van der Waals surface area contributed by atoms with E-state index in [1.165, 1.54) is 12.1 Å². The van der Waals surface area contributed by atoms with Crippen LogP contribution in [0.1, 0.15) is 48.8 Å². The van der Waals surface area contributed by atoms with Crippen molar-refractivity contribution in [2.24, 2.45) is 0 Å². The fourth-order valence-corrected chi connectivity index (χ4v) is 6.09. The Hall–Kier alpha value is -1.63. The van der Waals surface area contributed by atoms with Gasteiger partial charge in [-0.3, -0.25) is 4.79 Å². The van der Waals surface area contributed by atoms with Crippen LogP contribution in [0.4, 0.5) is 0 Å². The number of halogens is 2. The van der Waals surface area contributed by atoms with Gasteiger partial charge in [0.25, 0.3) is 5.91 Å². The number of aromatic nitrogens is 1. The van der Waals surface area contributed by atoms with Crippen LogP contribution in [0.25, 0.3) is 0 Å². The molecule has 0 aliphatic carbocycles. The summed E-state index contributed by atoms with van der Waals surface area (Å²) in [7, 11) is -3.81. The van der Waals surface area contributed by atoms with Crippen LogP contribution in [0, 0.1) is 0 Å². The maximum Gasteiger partial charge on any atom is 0.272 e. The van der Waals surface area contributed by atoms with Gasteiger partial charge in [0.15, 0.2) is 9.84 Å². The van der Waals surface area contributed by atoms with Crippen LogP contribution in [-0.2, 0) is 15.6 Å². The molecule has 0 spiro atoms. The van der Waals surface area contributed by atoms with Gasteiger partial charge in [-0.05, 0) is 49.9 Å². The van der Waals surface area contributed by atoms with Crippen LogP contribution in [-0.4, -0.2) is 36.8 Å². The molecule has 5 nitrogen and oxygen atoms in total. The number of piperidine rings is 1. The van der Waals surface area contributed by atoms with E-state index in [4.69, 9.17) is 23.2 Å². The van der Waals surface area contributed by atoms with E-state index < -0.39 is 9.84 Å². The first-order chi connectivity index (χ1) is 13.3. The van der Waals surface area contributed by atoms with E-state index >= 15 is 0 Å². The molecule has 150 valence electrons. The Morgan fingerprint density at radius 1 is 1.14 bits per heavy atom. The van der Waals surface area contributed by atoms with E-state index in [9.17, 15) is 13.2 Å². The number of pyridine rings is 1. The summed E-state index contributed by atoms with van der Waals surface area (Å²) in [5.41, 5.74) is 0.546. The second kappa shape index (κ2) is 8.80. The van der Waals surface area contributed by atoms with Crippen LogP contribution in [0.3, 0.4) is 0 Å². The van der Waals surface area contributed by atoms with Crippen molar-refractivity contribution in [3.05, 3.63) is 57.8 Å². The highest BCUT2D eigenvalue weighted by Gasteiger charge is 2.28. The number of nitrogens with zero attached hydrogens (tertiary/aromatic N) is 2. The number of rotatable bonds is 5. The molecule has 28 heavy (non-hydrogen) atoms. The maximum absolute atomic E-state index is 12.9. The molecule has 1 fully saturated rings. The smallest absolute Gasteiger partial charge is 0.272 e. The number of hydrogen-bond donors (Lipinski definition) is 0. The molecule has 8 heteroatoms. The maximum atomic E-state index is 12.9. The molecule has 1 amide bonds. The molecule has 3 rings (SSSR count). The third-order valence-corrected chi connectivity index (χ3v) is 7.54. The fourth-order valence-electron chi connectivity index (χ4n) is 3.57. The van der Waals surface area contributed by atoms with Gasteiger partial charge < -0.3 is 4.90 Å². The van der Waals surface area contributed by atoms with Crippen molar-refractivity contribution in [3.8, 4) is 0 Å². The van der Waals surface area contributed by atoms with E-state index in [0.717, 1.165) is 25.7 Å². The summed E-state index contributed by atoms with van der Waals surface area (Å²) >= 11 is 12.1. The Kier molecular flexibility index (Phi) is 6.63. The molecule has 1 atom stereocenters. The predicted octanol–water partition coefficient (Wildman–Crippen LogP) is 4.77. The number of likely N-dealkylation sites (tertiary alicyclic amines) is 1. The molecule has 1 aliphatic rings. The van der Waals surface area contributed by atoms with Gasteiger partial charge in [-0.15, -0.1) is 0 Å². The van der Waals surface area contributed by atoms with Crippen molar-refractivity contribution in [2.75, 3.05) is 6.54 Å². The summed E-state index contributed by atoms with van der Waals surface area (Å²) in [4.78, 5) is 19.0. The average Bonchev–Trinajstić information content (AvgIpc) is 2.67. The number of sulfone groups is 1. The number of carbonyl (C=O) groups excluding carboxylic acids is 1. The van der Waals surface area contributed by atoms with Gasteiger partial charge in [0, 0.05) is 12.6 Å². The van der Waals surface area contributed by atoms with E-state index in [1.807, 2.05) is 4.90 Å². The second-order valence-electron chi connectivity index (χ2n) is 6.88. The topological polar surface area (TPSA) is 67.3 Å². The summed E-state index contributed by atoms with van der Waals surface area (Å²) in [5, 5.41) is 0.137. The molecule has 2 aromatic rings. The van der Waals surface area contributed by atoms with Gasteiger partial charge in [0.1, 0.15) is 10.6 Å². The average molecular weight is 441 g/mol. The molecule has 2 heterocycles. The quantitative estimate of drug-likeness (QED) is 0.671. The van der Waals surface area contributed by atoms with E-state index in [2.05, 4.69) is 11.9 Å². The normalized spacial score (nSPS) is 17.5. The van der Waals surface area contributed by atoms with Crippen LogP contribution >= 0.6 is 23.2 Å². The predicted molar refractivity (Wildman–Crippen MR) is 111 cm³/mol. The Balaban J connectivity index is 1.86. The molecule has 1 aliphatic heterocycles. The highest BCUT2D eigenvalue weighted by atomic mass is 35.5. The zero-order valence-corrected chi connectivity index (χ0v) is 17.9. The van der Waals surface area contributed by atoms with E-state index in [1.54, 1.807) is 24.3 Å². The highest BCUT2D eigenvalue weighted by Crippen LogP contribution is 2.31. The first-order valence-electron chi connectivity index (χ1n) is 9.27. The van der Waals surface area contributed by atoms with Crippen molar-refractivity contribution in [1.82, 2.24) is 9.88 Å². The van der Waals surface area contributed by atoms with Crippen molar-refractivity contribution >= 4 is 38.9 Å². The van der Waals surface area contributed by atoms with Crippen LogP contribution in [0.2, 0.25) is 10.0 Å². The zero-order chi connectivity index (χ0) is 20.3. The van der Waals surface area contributed by atoms with Crippen LogP contribution in [0.15, 0.2) is 41.3 Å². The summed E-state index contributed by atoms with van der Waals surface area (Å²) in [6.45, 7) is 2.77. The molecular formula is C20H22Cl2N2O3S. The summed E-state index contributed by atoms with van der Waals surface area (Å²) in [6, 6.07) is 9.63. The Bertz CT molecular complexity index is 959. The first-order valence-corrected chi connectivity index (χ1v) is 11.7. The van der Waals surface area contributed by atoms with E-state index in [-0.39, 0.29) is 44.0 Å². The Morgan fingerprint density at radius 3 is 2.50 bits per heavy atom. The minimum atomic E-state index is -3.81. The molecule has 0 saturated carbocycles. The van der Waals surface area contributed by atoms with Crippen LogP contribution in [0.5, 0.6) is 0 Å². The number of amides is 1. The molecular weight excluding hydrogens is 419 g/mol. The number of benzene rings is 1. The van der Waals surface area contributed by atoms with Gasteiger partial charge >= 0.3 is 0 Å². The third-order valence-electron chi connectivity index (χ3n) is 4.95. The lowest BCUT2D eigenvalue weighted by Gasteiger charge is -2.35. The molecule has 1 saturated heterocycles. The Labute approximate surface area is 175 Å². The van der Waals surface area contributed by atoms with E-state index in [0.29, 0.717) is 6.54 Å². The molecule has 0 N–H and O–H groups in total. The zero-order valence-electron chi connectivity index (χ0n) is 15.6. The molecule has 1 unspecified atom stereocenters. The largest absolute Gasteiger partial charge is 0.334 e. The Morgan fingerprint density at radius 2 is 1.82 bits per heavy atom.